The van der Waals surface area contributed by atoms with Crippen molar-refractivity contribution in [1.82, 2.24) is 0 Å². The van der Waals surface area contributed by atoms with Gasteiger partial charge in [-0.05, 0) is 6.42 Å². The zero-order chi connectivity index (χ0) is 6.24. The molecule has 0 aliphatic rings. The molecule has 0 bridgehead atoms. The van der Waals surface area contributed by atoms with Crippen LogP contribution in [0.15, 0.2) is 0 Å². The molecule has 0 amide bonds. The smallest absolute Gasteiger partial charge is 0.120 e. The zero-order valence-electron chi connectivity index (χ0n) is 6.04. The van der Waals surface area contributed by atoms with E-state index in [9.17, 15) is 0 Å². The molecule has 0 saturated heterocycles. The van der Waals surface area contributed by atoms with Crippen LogP contribution in [0, 0.1) is 0 Å². The normalized spacial score (nSPS) is 9.75. The molecule has 0 aromatic heterocycles. The van der Waals surface area contributed by atoms with Crippen molar-refractivity contribution >= 4 is 0 Å². The van der Waals surface area contributed by atoms with Gasteiger partial charge in [-0.15, -0.1) is 0 Å². The first-order valence-electron chi connectivity index (χ1n) is 3.62. The molecule has 49 valence electrons. The van der Waals surface area contributed by atoms with E-state index in [1.807, 2.05) is 0 Å². The molecule has 0 spiro atoms. The Balaban J connectivity index is 2.53. The Labute approximate surface area is 52.5 Å². The second-order valence-corrected chi connectivity index (χ2v) is 2.10. The van der Waals surface area contributed by atoms with Crippen molar-refractivity contribution in [1.29, 1.82) is 0 Å². The summed E-state index contributed by atoms with van der Waals surface area (Å²) in [5, 5.41) is 3.34. The van der Waals surface area contributed by atoms with Gasteiger partial charge < -0.3 is 0 Å². The van der Waals surface area contributed by atoms with Gasteiger partial charge in [0, 0.05) is 6.42 Å². The van der Waals surface area contributed by atoms with Crippen LogP contribution in [0.1, 0.15) is 33.1 Å². The highest BCUT2D eigenvalue weighted by atomic mass is 14.8. The largest absolute Gasteiger partial charge is 0.182 e. The zero-order valence-corrected chi connectivity index (χ0v) is 6.04. The van der Waals surface area contributed by atoms with Gasteiger partial charge >= 0.3 is 0 Å². The number of hydrogen-bond donors (Lipinski definition) is 1. The van der Waals surface area contributed by atoms with E-state index in [4.69, 9.17) is 0 Å². The lowest BCUT2D eigenvalue weighted by Crippen LogP contribution is -2.84. The maximum Gasteiger partial charge on any atom is 0.120 e. The lowest BCUT2D eigenvalue weighted by atomic mass is 10.3. The van der Waals surface area contributed by atoms with E-state index in [0.29, 0.717) is 0 Å². The maximum absolute atomic E-state index is 3.34. The molecule has 0 rings (SSSR count). The number of rotatable bonds is 5. The molecule has 0 saturated carbocycles. The standard InChI is InChI=1S/C7H17N/c1-3-5-7-8-6-4-2/h8H,3-7H2,1-2H3/q+1. The Hall–Kier alpha value is -0.0400. The van der Waals surface area contributed by atoms with E-state index < -0.39 is 0 Å². The summed E-state index contributed by atoms with van der Waals surface area (Å²) < 4.78 is 0. The van der Waals surface area contributed by atoms with E-state index in [-0.39, 0.29) is 0 Å². The fourth-order valence-corrected chi connectivity index (χ4v) is 0.604. The third-order valence-corrected chi connectivity index (χ3v) is 1.13. The van der Waals surface area contributed by atoms with Crippen LogP contribution in [0.25, 0.3) is 0 Å². The van der Waals surface area contributed by atoms with Crippen molar-refractivity contribution < 1.29 is 5.32 Å². The van der Waals surface area contributed by atoms with Gasteiger partial charge in [-0.1, -0.05) is 20.3 Å². The summed E-state index contributed by atoms with van der Waals surface area (Å²) in [6, 6.07) is 0. The molecule has 0 fully saturated rings. The topological polar surface area (TPSA) is 15.6 Å². The van der Waals surface area contributed by atoms with Crippen molar-refractivity contribution in [3.05, 3.63) is 0 Å². The summed E-state index contributed by atoms with van der Waals surface area (Å²) in [7, 11) is 0. The monoisotopic (exact) mass is 115 g/mol. The number of unbranched alkanes of at least 4 members (excludes halogenated alkanes) is 1. The fraction of sp³-hybridized carbons (Fsp3) is 1.00. The Morgan fingerprint density at radius 3 is 2.25 bits per heavy atom. The summed E-state index contributed by atoms with van der Waals surface area (Å²) in [6.07, 6.45) is 3.88. The fourth-order valence-electron chi connectivity index (χ4n) is 0.604. The van der Waals surface area contributed by atoms with Gasteiger partial charge in [-0.25, -0.2) is 0 Å². The van der Waals surface area contributed by atoms with Gasteiger partial charge in [0.2, 0.25) is 0 Å². The minimum atomic E-state index is 1.18. The predicted molar refractivity (Wildman–Crippen MR) is 35.9 cm³/mol. The van der Waals surface area contributed by atoms with Crippen molar-refractivity contribution in [3.63, 3.8) is 0 Å². The Kier molecular flexibility index (Phi) is 6.93. The van der Waals surface area contributed by atoms with E-state index in [0.717, 1.165) is 0 Å². The molecule has 1 radical (unpaired) electrons. The molecule has 1 N–H and O–H groups in total. The van der Waals surface area contributed by atoms with Crippen LogP contribution in [0.3, 0.4) is 0 Å². The van der Waals surface area contributed by atoms with Crippen LogP contribution in [0.5, 0.6) is 0 Å². The summed E-state index contributed by atoms with van der Waals surface area (Å²) in [5.41, 5.74) is 0. The second-order valence-electron chi connectivity index (χ2n) is 2.10. The molecule has 1 nitrogen and oxygen atoms in total. The third kappa shape index (κ3) is 5.96. The van der Waals surface area contributed by atoms with E-state index in [1.54, 1.807) is 0 Å². The lowest BCUT2D eigenvalue weighted by molar-refractivity contribution is -0.655. The van der Waals surface area contributed by atoms with Gasteiger partial charge in [-0.2, -0.15) is 5.32 Å². The van der Waals surface area contributed by atoms with E-state index in [2.05, 4.69) is 19.2 Å². The second kappa shape index (κ2) is 6.96. The van der Waals surface area contributed by atoms with Crippen molar-refractivity contribution in [3.8, 4) is 0 Å². The molecule has 0 aromatic rings. The quantitative estimate of drug-likeness (QED) is 0.503. The molecule has 1 heteroatoms. The SMILES string of the molecule is CCCC[NH+]CCC. The van der Waals surface area contributed by atoms with Crippen molar-refractivity contribution in [2.75, 3.05) is 13.1 Å². The maximum atomic E-state index is 3.34. The van der Waals surface area contributed by atoms with Crippen molar-refractivity contribution in [2.45, 2.75) is 33.1 Å². The molecular formula is C7H17N+. The highest BCUT2D eigenvalue weighted by Crippen LogP contribution is 1.77. The van der Waals surface area contributed by atoms with Crippen LogP contribution in [0.2, 0.25) is 0 Å². The van der Waals surface area contributed by atoms with Gasteiger partial charge in [0.05, 0.1) is 0 Å². The molecule has 0 atom stereocenters. The van der Waals surface area contributed by atoms with Crippen molar-refractivity contribution in [2.24, 2.45) is 0 Å². The molecule has 0 unspecified atom stereocenters. The highest BCUT2D eigenvalue weighted by molar-refractivity contribution is 4.25. The van der Waals surface area contributed by atoms with Crippen LogP contribution in [-0.4, -0.2) is 13.1 Å². The van der Waals surface area contributed by atoms with Gasteiger partial charge in [0.1, 0.15) is 13.1 Å². The van der Waals surface area contributed by atoms with Crippen LogP contribution < -0.4 is 5.32 Å². The first-order valence-corrected chi connectivity index (χ1v) is 3.62. The third-order valence-electron chi connectivity index (χ3n) is 1.13. The summed E-state index contributed by atoms with van der Waals surface area (Å²) in [4.78, 5) is 0. The number of hydrogen-bond acceptors (Lipinski definition) is 1. The minimum Gasteiger partial charge on any atom is -0.182 e. The first-order chi connectivity index (χ1) is 3.91. The van der Waals surface area contributed by atoms with E-state index >= 15 is 0 Å². The van der Waals surface area contributed by atoms with Gasteiger partial charge in [-0.3, -0.25) is 0 Å². The Bertz CT molecular complexity index is 29.4. The molecule has 0 heterocycles. The number of nitrogens with one attached hydrogen (secondary N) is 1. The molecular weight excluding hydrogens is 98.1 g/mol. The molecule has 0 aliphatic carbocycles. The van der Waals surface area contributed by atoms with Gasteiger partial charge in [0.25, 0.3) is 0 Å². The first kappa shape index (κ1) is 7.96. The molecule has 0 aliphatic heterocycles. The minimum absolute atomic E-state index is 1.18. The van der Waals surface area contributed by atoms with Crippen LogP contribution in [0.4, 0.5) is 0 Å². The summed E-state index contributed by atoms with van der Waals surface area (Å²) >= 11 is 0. The average molecular weight is 115 g/mol. The summed E-state index contributed by atoms with van der Waals surface area (Å²) in [6.45, 7) is 6.79. The van der Waals surface area contributed by atoms with Gasteiger partial charge in [0.15, 0.2) is 0 Å². The Morgan fingerprint density at radius 2 is 1.75 bits per heavy atom. The highest BCUT2D eigenvalue weighted by Gasteiger charge is 1.89. The lowest BCUT2D eigenvalue weighted by Gasteiger charge is -1.88. The van der Waals surface area contributed by atoms with Crippen LogP contribution >= 0.6 is 0 Å². The van der Waals surface area contributed by atoms with Crippen LogP contribution in [-0.2, 0) is 0 Å². The summed E-state index contributed by atoms with van der Waals surface area (Å²) in [5.74, 6) is 0. The molecule has 8 heavy (non-hydrogen) atoms. The Morgan fingerprint density at radius 1 is 1.00 bits per heavy atom. The average Bonchev–Trinajstić information content (AvgIpc) is 1.81. The van der Waals surface area contributed by atoms with E-state index in [1.165, 1.54) is 32.4 Å². The molecule has 0 aromatic carbocycles. The predicted octanol–water partition coefficient (Wildman–Crippen LogP) is 0.546.